The van der Waals surface area contributed by atoms with Crippen molar-refractivity contribution in [1.29, 1.82) is 0 Å². The zero-order valence-corrected chi connectivity index (χ0v) is 24.5. The summed E-state index contributed by atoms with van der Waals surface area (Å²) in [6.45, 7) is 0. The largest absolute Gasteiger partial charge is 5.00 e. The van der Waals surface area contributed by atoms with Crippen LogP contribution in [0.25, 0.3) is 0 Å². The normalized spacial score (nSPS) is 5.22. The van der Waals surface area contributed by atoms with Crippen LogP contribution in [0.5, 0.6) is 0 Å². The van der Waals surface area contributed by atoms with Crippen molar-refractivity contribution in [1.82, 2.24) is 0 Å². The second-order valence-corrected chi connectivity index (χ2v) is 3.75. The van der Waals surface area contributed by atoms with Crippen molar-refractivity contribution < 1.29 is 92.6 Å². The van der Waals surface area contributed by atoms with Gasteiger partial charge < -0.3 is 70.3 Å². The van der Waals surface area contributed by atoms with Gasteiger partial charge >= 0.3 is 87.7 Å². The van der Waals surface area contributed by atoms with Crippen LogP contribution >= 0.6 is 0 Å². The van der Waals surface area contributed by atoms with Gasteiger partial charge in [-0.3, -0.25) is 0 Å². The molecule has 0 saturated carbocycles. The van der Waals surface area contributed by atoms with Gasteiger partial charge in [0.1, 0.15) is 0 Å². The molecule has 0 aliphatic heterocycles. The van der Waals surface area contributed by atoms with E-state index in [9.17, 15) is 0 Å². The van der Waals surface area contributed by atoms with Crippen LogP contribution in [0.2, 0.25) is 0 Å². The first-order chi connectivity index (χ1) is 8.66. The minimum Gasteiger partial charge on any atom is -0.672 e. The fourth-order valence-electron chi connectivity index (χ4n) is 0. The van der Waals surface area contributed by atoms with Crippen LogP contribution < -0.4 is 48.0 Å². The molecule has 120 valence electrons. The molecule has 23 heavy (non-hydrogen) atoms. The van der Waals surface area contributed by atoms with E-state index in [2.05, 4.69) is 0 Å². The van der Waals surface area contributed by atoms with Gasteiger partial charge in [0, 0.05) is 45.9 Å². The third-order valence-electron chi connectivity index (χ3n) is 0. The molecule has 0 bridgehead atoms. The minimum absolute atomic E-state index is 0. The standard InChI is InChI=1S/Ga.5O3Si.Sr.Ta/c;5*1-4(2)3;;/q+3;5*-2;+2;+5. The first kappa shape index (κ1) is 49.6. The molecule has 0 N–H and O–H groups in total. The Labute approximate surface area is 201 Å². The molecule has 0 saturated heterocycles. The molecule has 0 atom stereocenters. The summed E-state index contributed by atoms with van der Waals surface area (Å²) in [6.07, 6.45) is 0. The molecule has 0 amide bonds. The topological polar surface area (TPSA) is 316 Å². The van der Waals surface area contributed by atoms with E-state index < -0.39 is 45.9 Å². The maximum atomic E-state index is 8.52. The summed E-state index contributed by atoms with van der Waals surface area (Å²) < 4.78 is 42.6. The van der Waals surface area contributed by atoms with Crippen LogP contribution in [-0.4, -0.2) is 111 Å². The van der Waals surface area contributed by atoms with Crippen molar-refractivity contribution in [3.05, 3.63) is 0 Å². The Morgan fingerprint density at radius 1 is 0.391 bits per heavy atom. The van der Waals surface area contributed by atoms with Crippen LogP contribution in [0, 0.1) is 0 Å². The summed E-state index contributed by atoms with van der Waals surface area (Å²) in [6, 6.07) is 0. The Balaban J connectivity index is -0.0000000197. The molecule has 23 heteroatoms. The van der Waals surface area contributed by atoms with Gasteiger partial charge in [0.25, 0.3) is 0 Å². The maximum absolute atomic E-state index is 8.52. The molecule has 0 rings (SSSR count). The zero-order valence-electron chi connectivity index (χ0n) is 10.4. The maximum Gasteiger partial charge on any atom is 5.00 e. The molecule has 0 aliphatic rings. The fraction of sp³-hybridized carbons (Fsp3) is 0. The third kappa shape index (κ3) is 11300. The van der Waals surface area contributed by atoms with E-state index >= 15 is 0 Å². The van der Waals surface area contributed by atoms with Gasteiger partial charge in [0.05, 0.1) is 0 Å². The predicted octanol–water partition coefficient (Wildman–Crippen LogP) is -15.2. The van der Waals surface area contributed by atoms with Gasteiger partial charge in [-0.15, -0.1) is 0 Å². The van der Waals surface area contributed by atoms with Crippen molar-refractivity contribution in [3.63, 3.8) is 0 Å². The van der Waals surface area contributed by atoms with Crippen molar-refractivity contribution >= 4 is 111 Å². The summed E-state index contributed by atoms with van der Waals surface area (Å²) in [5.41, 5.74) is 0. The Morgan fingerprint density at radius 2 is 0.391 bits per heavy atom. The fourth-order valence-corrected chi connectivity index (χ4v) is 0. The van der Waals surface area contributed by atoms with Crippen molar-refractivity contribution in [2.75, 3.05) is 0 Å². The van der Waals surface area contributed by atoms with Crippen molar-refractivity contribution in [2.45, 2.75) is 0 Å². The molecular weight excluding hydrogens is 719 g/mol. The number of hydrogen-bond donors (Lipinski definition) is 0. The third-order valence-corrected chi connectivity index (χ3v) is 0. The van der Waals surface area contributed by atoms with E-state index in [0.29, 0.717) is 0 Å². The average molecular weight is 719 g/mol. The van der Waals surface area contributed by atoms with Gasteiger partial charge in [-0.1, -0.05) is 0 Å². The van der Waals surface area contributed by atoms with Crippen molar-refractivity contribution in [3.8, 4) is 0 Å². The monoisotopic (exact) mass is 718 g/mol. The quantitative estimate of drug-likeness (QED) is 0.210. The van der Waals surface area contributed by atoms with Crippen LogP contribution in [0.3, 0.4) is 0 Å². The molecule has 0 unspecified atom stereocenters. The van der Waals surface area contributed by atoms with Gasteiger partial charge in [0.2, 0.25) is 0 Å². The minimum atomic E-state index is -3.63. The molecule has 0 aromatic heterocycles. The summed E-state index contributed by atoms with van der Waals surface area (Å²) in [4.78, 5) is 85.2. The second kappa shape index (κ2) is 43.5. The van der Waals surface area contributed by atoms with Gasteiger partial charge in [-0.2, -0.15) is 0 Å². The van der Waals surface area contributed by atoms with E-state index in [4.69, 9.17) is 70.3 Å². The van der Waals surface area contributed by atoms with Crippen molar-refractivity contribution in [2.24, 2.45) is 0 Å². The van der Waals surface area contributed by atoms with Crippen LogP contribution in [-0.2, 0) is 44.7 Å². The smallest absolute Gasteiger partial charge is 0.672 e. The van der Waals surface area contributed by atoms with Gasteiger partial charge in [0.15, 0.2) is 0 Å². The van der Waals surface area contributed by atoms with E-state index in [1.165, 1.54) is 0 Å². The first-order valence-electron chi connectivity index (χ1n) is 3.06. The van der Waals surface area contributed by atoms with E-state index in [1.807, 2.05) is 0 Å². The Morgan fingerprint density at radius 3 is 0.391 bits per heavy atom. The molecule has 0 aromatic carbocycles. The second-order valence-electron chi connectivity index (χ2n) is 1.25. The number of rotatable bonds is 0. The number of hydrogen-bond acceptors (Lipinski definition) is 15. The average Bonchev–Trinajstić information content (AvgIpc) is 1.94. The Bertz CT molecular complexity index is 219. The van der Waals surface area contributed by atoms with Gasteiger partial charge in [-0.25, -0.2) is 0 Å². The molecule has 0 fully saturated rings. The molecular formula is GaO15Si5SrTa. The SMILES string of the molecule is O=[Si]([O-])[O-].O=[Si]([O-])[O-].O=[Si]([O-])[O-].O=[Si]([O-])[O-].O=[Si]([O-])[O-].[Ga+3].[Sr+2].[Ta+5]. The zero-order chi connectivity index (χ0) is 17.9. The predicted molar refractivity (Wildman–Crippen MR) is 43.7 cm³/mol. The van der Waals surface area contributed by atoms with E-state index in [-0.39, 0.29) is 87.7 Å². The van der Waals surface area contributed by atoms with E-state index in [0.717, 1.165) is 0 Å². The molecule has 0 aromatic rings. The molecule has 0 heterocycles. The summed E-state index contributed by atoms with van der Waals surface area (Å²) in [5, 5.41) is 0. The van der Waals surface area contributed by atoms with Gasteiger partial charge in [-0.05, 0) is 0 Å². The molecule has 0 radical (unpaired) electrons. The first-order valence-corrected chi connectivity index (χ1v) is 9.19. The summed E-state index contributed by atoms with van der Waals surface area (Å²) in [5.74, 6) is 0. The van der Waals surface area contributed by atoms with Crippen LogP contribution in [0.15, 0.2) is 0 Å². The van der Waals surface area contributed by atoms with Crippen LogP contribution in [0.1, 0.15) is 0 Å². The molecule has 0 spiro atoms. The summed E-state index contributed by atoms with van der Waals surface area (Å²) >= 11 is 0. The Kier molecular flexibility index (Phi) is 93.7. The Hall–Kier alpha value is 0.942. The molecule has 15 nitrogen and oxygen atoms in total. The van der Waals surface area contributed by atoms with Crippen LogP contribution in [0.4, 0.5) is 0 Å². The summed E-state index contributed by atoms with van der Waals surface area (Å²) in [7, 11) is -18.1. The van der Waals surface area contributed by atoms with E-state index in [1.54, 1.807) is 0 Å². The molecule has 0 aliphatic carbocycles.